The summed E-state index contributed by atoms with van der Waals surface area (Å²) in [7, 11) is 1.82. The molecule has 15 heavy (non-hydrogen) atoms. The molecule has 1 fully saturated rings. The van der Waals surface area contributed by atoms with E-state index in [1.807, 2.05) is 7.11 Å². The zero-order chi connectivity index (χ0) is 11.4. The van der Waals surface area contributed by atoms with Crippen LogP contribution in [0.2, 0.25) is 0 Å². The maximum atomic E-state index is 5.50. The average Bonchev–Trinajstić information content (AvgIpc) is 2.28. The Kier molecular flexibility index (Phi) is 5.11. The molecular formula is C13H25BrO. The van der Waals surface area contributed by atoms with Gasteiger partial charge in [-0.15, -0.1) is 0 Å². The molecule has 0 amide bonds. The van der Waals surface area contributed by atoms with E-state index in [1.54, 1.807) is 0 Å². The number of hydrogen-bond acceptors (Lipinski definition) is 1. The molecule has 0 saturated heterocycles. The molecule has 1 aliphatic carbocycles. The lowest BCUT2D eigenvalue weighted by molar-refractivity contribution is 0.00197. The summed E-state index contributed by atoms with van der Waals surface area (Å²) >= 11 is 3.72. The smallest absolute Gasteiger partial charge is 0.0623 e. The van der Waals surface area contributed by atoms with Crippen LogP contribution < -0.4 is 0 Å². The van der Waals surface area contributed by atoms with Crippen LogP contribution in [0.15, 0.2) is 0 Å². The maximum Gasteiger partial charge on any atom is 0.0623 e. The van der Waals surface area contributed by atoms with Gasteiger partial charge in [0.1, 0.15) is 0 Å². The van der Waals surface area contributed by atoms with Crippen LogP contribution in [0.5, 0.6) is 0 Å². The van der Waals surface area contributed by atoms with Gasteiger partial charge in [0.15, 0.2) is 0 Å². The Morgan fingerprint density at radius 3 is 2.27 bits per heavy atom. The highest BCUT2D eigenvalue weighted by molar-refractivity contribution is 9.09. The lowest BCUT2D eigenvalue weighted by atomic mass is 9.71. The van der Waals surface area contributed by atoms with Crippen molar-refractivity contribution in [3.8, 4) is 0 Å². The lowest BCUT2D eigenvalue weighted by Crippen LogP contribution is -2.31. The summed E-state index contributed by atoms with van der Waals surface area (Å²) in [5, 5.41) is 1.17. The van der Waals surface area contributed by atoms with Crippen LogP contribution >= 0.6 is 15.9 Å². The minimum atomic E-state index is 0.0482. The molecule has 1 rings (SSSR count). The molecule has 1 nitrogen and oxygen atoms in total. The van der Waals surface area contributed by atoms with Gasteiger partial charge in [0.05, 0.1) is 5.60 Å². The van der Waals surface area contributed by atoms with Gasteiger partial charge in [0.25, 0.3) is 0 Å². The van der Waals surface area contributed by atoms with Crippen LogP contribution in [0.3, 0.4) is 0 Å². The minimum Gasteiger partial charge on any atom is -0.379 e. The van der Waals surface area contributed by atoms with Gasteiger partial charge in [-0.05, 0) is 44.9 Å². The summed E-state index contributed by atoms with van der Waals surface area (Å²) in [4.78, 5) is 0. The van der Waals surface area contributed by atoms with Gasteiger partial charge in [-0.3, -0.25) is 0 Å². The first-order valence-electron chi connectivity index (χ1n) is 6.15. The predicted molar refractivity (Wildman–Crippen MR) is 69.6 cm³/mol. The fourth-order valence-electron chi connectivity index (χ4n) is 2.42. The van der Waals surface area contributed by atoms with Crippen molar-refractivity contribution in [2.24, 2.45) is 5.41 Å². The molecule has 0 aromatic rings. The van der Waals surface area contributed by atoms with E-state index in [2.05, 4.69) is 29.8 Å². The third-order valence-corrected chi connectivity index (χ3v) is 5.20. The normalized spacial score (nSPS) is 21.6. The van der Waals surface area contributed by atoms with Crippen molar-refractivity contribution < 1.29 is 4.74 Å². The Bertz CT molecular complexity index is 183. The Balaban J connectivity index is 2.45. The highest BCUT2D eigenvalue weighted by Gasteiger charge is 2.32. The van der Waals surface area contributed by atoms with Crippen LogP contribution in [0.4, 0.5) is 0 Å². The first kappa shape index (κ1) is 13.5. The van der Waals surface area contributed by atoms with E-state index >= 15 is 0 Å². The number of halogens is 1. The third-order valence-electron chi connectivity index (χ3n) is 4.01. The average molecular weight is 277 g/mol. The fraction of sp³-hybridized carbons (Fsp3) is 1.00. The molecule has 0 spiro atoms. The Morgan fingerprint density at radius 2 is 1.80 bits per heavy atom. The van der Waals surface area contributed by atoms with Gasteiger partial charge in [-0.25, -0.2) is 0 Å². The van der Waals surface area contributed by atoms with Gasteiger partial charge in [-0.2, -0.15) is 0 Å². The molecule has 0 unspecified atom stereocenters. The molecular weight excluding hydrogens is 252 g/mol. The van der Waals surface area contributed by atoms with Gasteiger partial charge in [0, 0.05) is 12.4 Å². The van der Waals surface area contributed by atoms with E-state index in [9.17, 15) is 0 Å². The van der Waals surface area contributed by atoms with Crippen LogP contribution in [0, 0.1) is 5.41 Å². The summed E-state index contributed by atoms with van der Waals surface area (Å²) in [5.74, 6) is 0. The summed E-state index contributed by atoms with van der Waals surface area (Å²) < 4.78 is 5.50. The molecule has 0 radical (unpaired) electrons. The number of hydrogen-bond donors (Lipinski definition) is 0. The van der Waals surface area contributed by atoms with Crippen molar-refractivity contribution >= 4 is 15.9 Å². The van der Waals surface area contributed by atoms with Crippen molar-refractivity contribution in [2.45, 2.75) is 64.4 Å². The Hall–Kier alpha value is 0.440. The van der Waals surface area contributed by atoms with E-state index in [0.717, 1.165) is 0 Å². The second kappa shape index (κ2) is 5.67. The molecule has 1 saturated carbocycles. The summed E-state index contributed by atoms with van der Waals surface area (Å²) in [6.07, 6.45) is 9.55. The minimum absolute atomic E-state index is 0.0482. The van der Waals surface area contributed by atoms with Gasteiger partial charge in [0.2, 0.25) is 0 Å². The van der Waals surface area contributed by atoms with Crippen molar-refractivity contribution in [3.05, 3.63) is 0 Å². The standard InChI is InChI=1S/C13H25BrO/c1-12(2,15-3)9-10-13(11-14)7-5-4-6-8-13/h4-11H2,1-3H3. The quantitative estimate of drug-likeness (QED) is 0.670. The van der Waals surface area contributed by atoms with Crippen molar-refractivity contribution in [3.63, 3.8) is 0 Å². The Morgan fingerprint density at radius 1 is 1.20 bits per heavy atom. The summed E-state index contributed by atoms with van der Waals surface area (Å²) in [5.41, 5.74) is 0.612. The molecule has 90 valence electrons. The van der Waals surface area contributed by atoms with Crippen LogP contribution in [-0.2, 0) is 4.74 Å². The largest absolute Gasteiger partial charge is 0.379 e. The molecule has 0 aromatic carbocycles. The zero-order valence-corrected chi connectivity index (χ0v) is 12.0. The molecule has 0 atom stereocenters. The Labute approximate surface area is 103 Å². The van der Waals surface area contributed by atoms with Crippen LogP contribution in [0.25, 0.3) is 0 Å². The molecule has 0 N–H and O–H groups in total. The fourth-order valence-corrected chi connectivity index (χ4v) is 3.26. The van der Waals surface area contributed by atoms with E-state index in [0.29, 0.717) is 5.41 Å². The molecule has 0 aromatic heterocycles. The predicted octanol–water partition coefficient (Wildman–Crippen LogP) is 4.54. The first-order valence-corrected chi connectivity index (χ1v) is 7.27. The van der Waals surface area contributed by atoms with E-state index in [4.69, 9.17) is 4.74 Å². The van der Waals surface area contributed by atoms with Crippen molar-refractivity contribution in [1.29, 1.82) is 0 Å². The zero-order valence-electron chi connectivity index (χ0n) is 10.4. The van der Waals surface area contributed by atoms with Gasteiger partial charge in [-0.1, -0.05) is 35.2 Å². The highest BCUT2D eigenvalue weighted by Crippen LogP contribution is 2.42. The van der Waals surface area contributed by atoms with E-state index in [-0.39, 0.29) is 5.60 Å². The summed E-state index contributed by atoms with van der Waals surface area (Å²) in [6, 6.07) is 0. The topological polar surface area (TPSA) is 9.23 Å². The monoisotopic (exact) mass is 276 g/mol. The molecule has 1 aliphatic rings. The molecule has 0 bridgehead atoms. The first-order chi connectivity index (χ1) is 7.04. The number of ether oxygens (including phenoxy) is 1. The van der Waals surface area contributed by atoms with Gasteiger partial charge >= 0.3 is 0 Å². The second-order valence-electron chi connectivity index (χ2n) is 5.66. The summed E-state index contributed by atoms with van der Waals surface area (Å²) in [6.45, 7) is 4.38. The highest BCUT2D eigenvalue weighted by atomic mass is 79.9. The lowest BCUT2D eigenvalue weighted by Gasteiger charge is -2.38. The third kappa shape index (κ3) is 4.07. The number of rotatable bonds is 5. The van der Waals surface area contributed by atoms with E-state index < -0.39 is 0 Å². The maximum absolute atomic E-state index is 5.50. The van der Waals surface area contributed by atoms with Gasteiger partial charge < -0.3 is 4.74 Å². The molecule has 2 heteroatoms. The van der Waals surface area contributed by atoms with Crippen molar-refractivity contribution in [2.75, 3.05) is 12.4 Å². The molecule has 0 heterocycles. The van der Waals surface area contributed by atoms with Crippen molar-refractivity contribution in [1.82, 2.24) is 0 Å². The second-order valence-corrected chi connectivity index (χ2v) is 6.22. The SMILES string of the molecule is COC(C)(C)CCC1(CBr)CCCCC1. The van der Waals surface area contributed by atoms with Crippen LogP contribution in [0.1, 0.15) is 58.8 Å². The molecule has 0 aliphatic heterocycles. The van der Waals surface area contributed by atoms with E-state index in [1.165, 1.54) is 50.3 Å². The number of alkyl halides is 1. The van der Waals surface area contributed by atoms with Crippen LogP contribution in [-0.4, -0.2) is 18.0 Å². The number of methoxy groups -OCH3 is 1.